The first-order valence-corrected chi connectivity index (χ1v) is 14.3. The summed E-state index contributed by atoms with van der Waals surface area (Å²) in [5.41, 5.74) is 2.03. The topological polar surface area (TPSA) is 86.8 Å². The molecular formula is C29H34ClN3O4S. The summed E-state index contributed by atoms with van der Waals surface area (Å²) in [6, 6.07) is 21.2. The van der Waals surface area contributed by atoms with Gasteiger partial charge in [-0.25, -0.2) is 8.42 Å². The number of hydrogen-bond acceptors (Lipinski definition) is 4. The van der Waals surface area contributed by atoms with Crippen molar-refractivity contribution in [1.82, 2.24) is 10.2 Å². The van der Waals surface area contributed by atoms with Crippen molar-refractivity contribution in [2.75, 3.05) is 17.4 Å². The Morgan fingerprint density at radius 3 is 2.08 bits per heavy atom. The summed E-state index contributed by atoms with van der Waals surface area (Å²) in [7, 11) is -4.11. The van der Waals surface area contributed by atoms with Gasteiger partial charge in [-0.3, -0.25) is 13.9 Å². The van der Waals surface area contributed by atoms with Gasteiger partial charge in [-0.1, -0.05) is 73.5 Å². The number of carbonyl (C=O) groups excluding carboxylic acids is 2. The molecule has 3 aromatic carbocycles. The van der Waals surface area contributed by atoms with Crippen LogP contribution >= 0.6 is 11.6 Å². The second-order valence-electron chi connectivity index (χ2n) is 9.62. The van der Waals surface area contributed by atoms with Crippen LogP contribution in [0.15, 0.2) is 83.8 Å². The van der Waals surface area contributed by atoms with E-state index in [9.17, 15) is 18.0 Å². The lowest BCUT2D eigenvalue weighted by atomic mass is 10.1. The van der Waals surface area contributed by atoms with Crippen LogP contribution in [0.5, 0.6) is 0 Å². The van der Waals surface area contributed by atoms with Gasteiger partial charge in [0, 0.05) is 18.1 Å². The number of carbonyl (C=O) groups is 2. The van der Waals surface area contributed by atoms with Crippen molar-refractivity contribution in [3.63, 3.8) is 0 Å². The quantitative estimate of drug-likeness (QED) is 0.359. The first-order valence-electron chi connectivity index (χ1n) is 12.4. The molecule has 0 radical (unpaired) electrons. The first kappa shape index (κ1) is 29.2. The van der Waals surface area contributed by atoms with Crippen LogP contribution in [0.2, 0.25) is 5.02 Å². The molecule has 9 heteroatoms. The predicted octanol–water partition coefficient (Wildman–Crippen LogP) is 5.03. The summed E-state index contributed by atoms with van der Waals surface area (Å²) in [5.74, 6) is -0.571. The second kappa shape index (κ2) is 12.9. The SMILES string of the molecule is Cc1ccc(S(=O)(=O)N(CC(=O)N(Cc2ccccc2)[C@@H](C)C(=O)NCC(C)C)c2ccc(Cl)cc2)cc1. The van der Waals surface area contributed by atoms with E-state index in [0.717, 1.165) is 15.4 Å². The van der Waals surface area contributed by atoms with E-state index in [0.29, 0.717) is 17.3 Å². The lowest BCUT2D eigenvalue weighted by Gasteiger charge is -2.32. The van der Waals surface area contributed by atoms with Gasteiger partial charge >= 0.3 is 0 Å². The molecule has 1 atom stereocenters. The number of aryl methyl sites for hydroxylation is 1. The van der Waals surface area contributed by atoms with Gasteiger partial charge in [-0.2, -0.15) is 0 Å². The van der Waals surface area contributed by atoms with Crippen molar-refractivity contribution in [3.8, 4) is 0 Å². The Kier molecular flexibility index (Phi) is 9.94. The Balaban J connectivity index is 1.99. The summed E-state index contributed by atoms with van der Waals surface area (Å²) >= 11 is 6.05. The number of rotatable bonds is 11. The standard InChI is InChI=1S/C29H34ClN3O4S/c1-21(2)18-31-29(35)23(4)32(19-24-8-6-5-7-9-24)28(34)20-33(26-14-12-25(30)13-15-26)38(36,37)27-16-10-22(3)11-17-27/h5-17,21,23H,18-20H2,1-4H3,(H,31,35)/t23-/m0/s1. The first-order chi connectivity index (χ1) is 18.0. The van der Waals surface area contributed by atoms with Crippen LogP contribution in [0.25, 0.3) is 0 Å². The highest BCUT2D eigenvalue weighted by Crippen LogP contribution is 2.26. The van der Waals surface area contributed by atoms with E-state index < -0.39 is 28.5 Å². The summed E-state index contributed by atoms with van der Waals surface area (Å²) < 4.78 is 28.6. The molecular weight excluding hydrogens is 522 g/mol. The maximum absolute atomic E-state index is 13.8. The van der Waals surface area contributed by atoms with E-state index in [-0.39, 0.29) is 23.3 Å². The van der Waals surface area contributed by atoms with E-state index in [4.69, 9.17) is 11.6 Å². The van der Waals surface area contributed by atoms with Crippen LogP contribution in [0.3, 0.4) is 0 Å². The molecule has 202 valence electrons. The average Bonchev–Trinajstić information content (AvgIpc) is 2.89. The molecule has 0 heterocycles. The van der Waals surface area contributed by atoms with Crippen LogP contribution in [0.1, 0.15) is 31.9 Å². The molecule has 0 spiro atoms. The molecule has 38 heavy (non-hydrogen) atoms. The minimum absolute atomic E-state index is 0.0585. The molecule has 0 aliphatic heterocycles. The van der Waals surface area contributed by atoms with Gasteiger partial charge in [-0.05, 0) is 61.7 Å². The molecule has 0 bridgehead atoms. The van der Waals surface area contributed by atoms with Crippen molar-refractivity contribution in [3.05, 3.63) is 95.0 Å². The van der Waals surface area contributed by atoms with Gasteiger partial charge in [0.15, 0.2) is 0 Å². The third-order valence-corrected chi connectivity index (χ3v) is 8.09. The maximum atomic E-state index is 13.8. The minimum Gasteiger partial charge on any atom is -0.354 e. The lowest BCUT2D eigenvalue weighted by Crippen LogP contribution is -2.51. The number of nitrogens with one attached hydrogen (secondary N) is 1. The fraction of sp³-hybridized carbons (Fsp3) is 0.310. The molecule has 0 aromatic heterocycles. The van der Waals surface area contributed by atoms with Crippen molar-refractivity contribution in [1.29, 1.82) is 0 Å². The zero-order chi connectivity index (χ0) is 27.9. The van der Waals surface area contributed by atoms with E-state index in [1.807, 2.05) is 51.1 Å². The fourth-order valence-electron chi connectivity index (χ4n) is 3.79. The molecule has 0 fully saturated rings. The van der Waals surface area contributed by atoms with Crippen LogP contribution in [0.4, 0.5) is 5.69 Å². The fourth-order valence-corrected chi connectivity index (χ4v) is 5.33. The number of benzene rings is 3. The smallest absolute Gasteiger partial charge is 0.264 e. The summed E-state index contributed by atoms with van der Waals surface area (Å²) in [4.78, 5) is 28.3. The molecule has 0 unspecified atom stereocenters. The second-order valence-corrected chi connectivity index (χ2v) is 11.9. The zero-order valence-electron chi connectivity index (χ0n) is 22.1. The maximum Gasteiger partial charge on any atom is 0.264 e. The normalized spacial score (nSPS) is 12.2. The highest BCUT2D eigenvalue weighted by atomic mass is 35.5. The Hall–Kier alpha value is -3.36. The van der Waals surface area contributed by atoms with E-state index >= 15 is 0 Å². The number of nitrogens with zero attached hydrogens (tertiary/aromatic N) is 2. The summed E-state index contributed by atoms with van der Waals surface area (Å²) in [6.45, 7) is 7.61. The van der Waals surface area contributed by atoms with Crippen molar-refractivity contribution < 1.29 is 18.0 Å². The van der Waals surface area contributed by atoms with Gasteiger partial charge in [-0.15, -0.1) is 0 Å². The Labute approximate surface area is 230 Å². The monoisotopic (exact) mass is 555 g/mol. The highest BCUT2D eigenvalue weighted by Gasteiger charge is 2.32. The van der Waals surface area contributed by atoms with E-state index in [2.05, 4.69) is 5.32 Å². The minimum atomic E-state index is -4.11. The molecule has 7 nitrogen and oxygen atoms in total. The molecule has 2 amide bonds. The van der Waals surface area contributed by atoms with Crippen molar-refractivity contribution in [2.45, 2.75) is 45.2 Å². The molecule has 3 aromatic rings. The Morgan fingerprint density at radius 2 is 1.50 bits per heavy atom. The highest BCUT2D eigenvalue weighted by molar-refractivity contribution is 7.92. The van der Waals surface area contributed by atoms with E-state index in [1.165, 1.54) is 17.0 Å². The summed E-state index contributed by atoms with van der Waals surface area (Å²) in [5, 5.41) is 3.32. The molecule has 0 saturated heterocycles. The molecule has 0 aliphatic carbocycles. The molecule has 0 saturated carbocycles. The molecule has 1 N–H and O–H groups in total. The zero-order valence-corrected chi connectivity index (χ0v) is 23.7. The van der Waals surface area contributed by atoms with Crippen LogP contribution < -0.4 is 9.62 Å². The van der Waals surface area contributed by atoms with Gasteiger partial charge < -0.3 is 10.2 Å². The Morgan fingerprint density at radius 1 is 0.895 bits per heavy atom. The number of sulfonamides is 1. The third kappa shape index (κ3) is 7.58. The molecule has 3 rings (SSSR count). The number of amides is 2. The van der Waals surface area contributed by atoms with Crippen LogP contribution in [0, 0.1) is 12.8 Å². The largest absolute Gasteiger partial charge is 0.354 e. The van der Waals surface area contributed by atoms with Gasteiger partial charge in [0.05, 0.1) is 10.6 Å². The predicted molar refractivity (Wildman–Crippen MR) is 151 cm³/mol. The lowest BCUT2D eigenvalue weighted by molar-refractivity contribution is -0.139. The Bertz CT molecular complexity index is 1330. The van der Waals surface area contributed by atoms with Crippen LogP contribution in [-0.4, -0.2) is 44.3 Å². The van der Waals surface area contributed by atoms with Gasteiger partial charge in [0.1, 0.15) is 12.6 Å². The van der Waals surface area contributed by atoms with Crippen molar-refractivity contribution >= 4 is 39.1 Å². The summed E-state index contributed by atoms with van der Waals surface area (Å²) in [6.07, 6.45) is 0. The van der Waals surface area contributed by atoms with Gasteiger partial charge in [0.25, 0.3) is 10.0 Å². The third-order valence-electron chi connectivity index (χ3n) is 6.05. The molecule has 0 aliphatic rings. The average molecular weight is 556 g/mol. The van der Waals surface area contributed by atoms with E-state index in [1.54, 1.807) is 43.3 Å². The van der Waals surface area contributed by atoms with Gasteiger partial charge in [0.2, 0.25) is 11.8 Å². The van der Waals surface area contributed by atoms with Crippen molar-refractivity contribution in [2.24, 2.45) is 5.92 Å². The number of anilines is 1. The van der Waals surface area contributed by atoms with Crippen LogP contribution in [-0.2, 0) is 26.2 Å². The number of hydrogen-bond donors (Lipinski definition) is 1. The number of halogens is 1.